The lowest BCUT2D eigenvalue weighted by Crippen LogP contribution is -2.46. The summed E-state index contributed by atoms with van der Waals surface area (Å²) >= 11 is 0. The summed E-state index contributed by atoms with van der Waals surface area (Å²) in [4.78, 5) is 29.6. The van der Waals surface area contributed by atoms with Crippen molar-refractivity contribution in [3.05, 3.63) is 53.3 Å². The molecule has 194 valence electrons. The van der Waals surface area contributed by atoms with Crippen molar-refractivity contribution in [2.24, 2.45) is 5.92 Å². The van der Waals surface area contributed by atoms with Crippen LogP contribution in [0.1, 0.15) is 56.6 Å². The number of carbonyl (C=O) groups is 2. The number of amides is 1. The van der Waals surface area contributed by atoms with Gasteiger partial charge in [0.2, 0.25) is 12.7 Å². The lowest BCUT2D eigenvalue weighted by molar-refractivity contribution is -0.141. The molecule has 4 rings (SSSR count). The minimum Gasteiger partial charge on any atom is -0.481 e. The molecular formula is C28H35FN2O5. The third-order valence-electron chi connectivity index (χ3n) is 7.19. The second kappa shape index (κ2) is 11.3. The molecule has 2 atom stereocenters. The normalized spacial score (nSPS) is 19.1. The van der Waals surface area contributed by atoms with E-state index in [1.54, 1.807) is 19.1 Å². The molecule has 0 radical (unpaired) electrons. The number of carboxylic acid groups (broad SMARTS) is 1. The average molecular weight is 499 g/mol. The van der Waals surface area contributed by atoms with Gasteiger partial charge in [0.25, 0.3) is 0 Å². The Bertz CT molecular complexity index is 1100. The molecule has 7 nitrogen and oxygen atoms in total. The molecule has 0 spiro atoms. The number of aliphatic carboxylic acids is 1. The lowest BCUT2D eigenvalue weighted by atomic mass is 9.89. The first-order chi connectivity index (χ1) is 17.3. The van der Waals surface area contributed by atoms with Crippen LogP contribution in [0.5, 0.6) is 11.5 Å². The van der Waals surface area contributed by atoms with Gasteiger partial charge in [0.05, 0.1) is 12.5 Å². The number of nitrogens with zero attached hydrogens (tertiary/aromatic N) is 2. The minimum atomic E-state index is -0.881. The molecule has 1 fully saturated rings. The Hall–Kier alpha value is -3.13. The van der Waals surface area contributed by atoms with E-state index >= 15 is 0 Å². The second-order valence-corrected chi connectivity index (χ2v) is 9.79. The summed E-state index contributed by atoms with van der Waals surface area (Å²) in [6, 6.07) is 10.3. The van der Waals surface area contributed by atoms with Gasteiger partial charge in [0, 0.05) is 30.7 Å². The Kier molecular flexibility index (Phi) is 8.14. The van der Waals surface area contributed by atoms with Crippen LogP contribution >= 0.6 is 0 Å². The number of anilines is 1. The predicted molar refractivity (Wildman–Crippen MR) is 135 cm³/mol. The van der Waals surface area contributed by atoms with Crippen LogP contribution in [0.4, 0.5) is 10.1 Å². The third-order valence-corrected chi connectivity index (χ3v) is 7.19. The molecule has 0 bridgehead atoms. The number of hydrogen-bond acceptors (Lipinski definition) is 5. The number of fused-ring (bicyclic) bond motifs is 1. The molecule has 1 N–H and O–H groups in total. The van der Waals surface area contributed by atoms with E-state index in [1.165, 1.54) is 6.07 Å². The molecule has 1 amide bonds. The highest BCUT2D eigenvalue weighted by Crippen LogP contribution is 2.39. The Morgan fingerprint density at radius 2 is 1.81 bits per heavy atom. The molecule has 2 unspecified atom stereocenters. The van der Waals surface area contributed by atoms with Crippen molar-refractivity contribution >= 4 is 17.6 Å². The number of hydrogen-bond donors (Lipinski definition) is 1. The summed E-state index contributed by atoms with van der Waals surface area (Å²) in [5, 5.41) is 9.95. The smallest absolute Gasteiger partial charge is 0.308 e. The van der Waals surface area contributed by atoms with Crippen LogP contribution in [-0.2, 0) is 9.59 Å². The van der Waals surface area contributed by atoms with Crippen LogP contribution in [-0.4, -0.2) is 54.4 Å². The van der Waals surface area contributed by atoms with Crippen molar-refractivity contribution in [1.82, 2.24) is 4.90 Å². The SMILES string of the molecule is CCCC(CCC)N(C(=O)CN1CC(C(=O)O)C(c2ccc3c(c2)OCO3)C1)c1ccc(F)c(C)c1. The molecule has 36 heavy (non-hydrogen) atoms. The number of halogens is 1. The maximum absolute atomic E-state index is 14.0. The minimum absolute atomic E-state index is 0.000100. The first-order valence-corrected chi connectivity index (χ1v) is 12.7. The molecule has 8 heteroatoms. The van der Waals surface area contributed by atoms with Gasteiger partial charge in [-0.25, -0.2) is 4.39 Å². The van der Waals surface area contributed by atoms with E-state index in [-0.39, 0.29) is 43.6 Å². The van der Waals surface area contributed by atoms with Gasteiger partial charge < -0.3 is 19.5 Å². The van der Waals surface area contributed by atoms with Gasteiger partial charge in [-0.2, -0.15) is 0 Å². The Morgan fingerprint density at radius 3 is 2.47 bits per heavy atom. The van der Waals surface area contributed by atoms with Crippen LogP contribution in [0.3, 0.4) is 0 Å². The van der Waals surface area contributed by atoms with Gasteiger partial charge in [-0.1, -0.05) is 32.8 Å². The van der Waals surface area contributed by atoms with Crippen molar-refractivity contribution in [1.29, 1.82) is 0 Å². The number of likely N-dealkylation sites (tertiary alicyclic amines) is 1. The number of benzene rings is 2. The first kappa shape index (κ1) is 25.9. The summed E-state index contributed by atoms with van der Waals surface area (Å²) in [5.41, 5.74) is 2.04. The fourth-order valence-electron chi connectivity index (χ4n) is 5.42. The molecule has 2 aromatic carbocycles. The van der Waals surface area contributed by atoms with Crippen molar-refractivity contribution in [2.75, 3.05) is 31.3 Å². The van der Waals surface area contributed by atoms with Gasteiger partial charge >= 0.3 is 5.97 Å². The van der Waals surface area contributed by atoms with Gasteiger partial charge in [0.15, 0.2) is 11.5 Å². The lowest BCUT2D eigenvalue weighted by Gasteiger charge is -2.33. The fraction of sp³-hybridized carbons (Fsp3) is 0.500. The van der Waals surface area contributed by atoms with E-state index in [0.717, 1.165) is 31.2 Å². The molecule has 2 aromatic rings. The van der Waals surface area contributed by atoms with Crippen molar-refractivity contribution in [3.63, 3.8) is 0 Å². The van der Waals surface area contributed by atoms with E-state index < -0.39 is 11.9 Å². The van der Waals surface area contributed by atoms with Crippen LogP contribution in [0.15, 0.2) is 36.4 Å². The van der Waals surface area contributed by atoms with Gasteiger partial charge in [0.1, 0.15) is 5.82 Å². The summed E-state index contributed by atoms with van der Waals surface area (Å²) in [7, 11) is 0. The molecule has 0 aliphatic carbocycles. The van der Waals surface area contributed by atoms with E-state index in [1.807, 2.05) is 28.0 Å². The largest absolute Gasteiger partial charge is 0.481 e. The third kappa shape index (κ3) is 5.48. The Morgan fingerprint density at radius 1 is 1.08 bits per heavy atom. The average Bonchev–Trinajstić information content (AvgIpc) is 3.48. The number of aryl methyl sites for hydroxylation is 1. The molecule has 0 aromatic heterocycles. The standard InChI is InChI=1S/C28H35FN2O5/c1-4-6-20(7-5-2)31(21-9-10-24(29)18(3)12-21)27(32)16-30-14-22(23(15-30)28(33)34)19-8-11-25-26(13-19)36-17-35-25/h8-13,20,22-23H,4-7,14-17H2,1-3H3,(H,33,34). The summed E-state index contributed by atoms with van der Waals surface area (Å²) in [5.74, 6) is -0.916. The van der Waals surface area contributed by atoms with Crippen molar-refractivity contribution in [2.45, 2.75) is 58.4 Å². The van der Waals surface area contributed by atoms with Gasteiger partial charge in [-0.05, 0) is 61.2 Å². The highest BCUT2D eigenvalue weighted by atomic mass is 19.1. The highest BCUT2D eigenvalue weighted by Gasteiger charge is 2.40. The van der Waals surface area contributed by atoms with Crippen molar-refractivity contribution < 1.29 is 28.6 Å². The Balaban J connectivity index is 1.57. The monoisotopic (exact) mass is 498 g/mol. The van der Waals surface area contributed by atoms with Gasteiger partial charge in [-0.3, -0.25) is 14.5 Å². The zero-order chi connectivity index (χ0) is 25.8. The highest BCUT2D eigenvalue weighted by molar-refractivity contribution is 5.95. The van der Waals surface area contributed by atoms with Crippen molar-refractivity contribution in [3.8, 4) is 11.5 Å². The van der Waals surface area contributed by atoms with Gasteiger partial charge in [-0.15, -0.1) is 0 Å². The van der Waals surface area contributed by atoms with Crippen LogP contribution in [0, 0.1) is 18.7 Å². The fourth-order valence-corrected chi connectivity index (χ4v) is 5.42. The molecule has 0 saturated carbocycles. The number of carboxylic acids is 1. The molecule has 2 heterocycles. The topological polar surface area (TPSA) is 79.3 Å². The van der Waals surface area contributed by atoms with E-state index in [2.05, 4.69) is 13.8 Å². The quantitative estimate of drug-likeness (QED) is 0.499. The zero-order valence-corrected chi connectivity index (χ0v) is 21.2. The van der Waals surface area contributed by atoms with E-state index in [4.69, 9.17) is 9.47 Å². The summed E-state index contributed by atoms with van der Waals surface area (Å²) in [6.07, 6.45) is 3.53. The van der Waals surface area contributed by atoms with Crippen LogP contribution < -0.4 is 14.4 Å². The van der Waals surface area contributed by atoms with E-state index in [9.17, 15) is 19.1 Å². The summed E-state index contributed by atoms with van der Waals surface area (Å²) < 4.78 is 24.9. The second-order valence-electron chi connectivity index (χ2n) is 9.79. The number of ether oxygens (including phenoxy) is 2. The van der Waals surface area contributed by atoms with Crippen LogP contribution in [0.2, 0.25) is 0 Å². The zero-order valence-electron chi connectivity index (χ0n) is 21.2. The van der Waals surface area contributed by atoms with Crippen LogP contribution in [0.25, 0.3) is 0 Å². The molecule has 1 saturated heterocycles. The first-order valence-electron chi connectivity index (χ1n) is 12.7. The maximum atomic E-state index is 14.0. The number of carbonyl (C=O) groups excluding carboxylic acids is 1. The molecular weight excluding hydrogens is 463 g/mol. The summed E-state index contributed by atoms with van der Waals surface area (Å²) in [6.45, 7) is 6.87. The molecule has 2 aliphatic heterocycles. The maximum Gasteiger partial charge on any atom is 0.308 e. The number of rotatable bonds is 10. The Labute approximate surface area is 211 Å². The van der Waals surface area contributed by atoms with E-state index in [0.29, 0.717) is 29.3 Å². The molecule has 2 aliphatic rings. The predicted octanol–water partition coefficient (Wildman–Crippen LogP) is 4.96.